The summed E-state index contributed by atoms with van der Waals surface area (Å²) in [6.07, 6.45) is 2.80. The van der Waals surface area contributed by atoms with Crippen molar-refractivity contribution in [3.8, 4) is 0 Å². The van der Waals surface area contributed by atoms with Crippen LogP contribution in [0.1, 0.15) is 47.5 Å². The minimum absolute atomic E-state index is 0.528. The van der Waals surface area contributed by atoms with E-state index in [9.17, 15) is 0 Å². The second kappa shape index (κ2) is 6.72. The summed E-state index contributed by atoms with van der Waals surface area (Å²) in [4.78, 5) is 2.57. The van der Waals surface area contributed by atoms with Gasteiger partial charge in [-0.2, -0.15) is 12.6 Å². The Morgan fingerprint density at radius 2 is 1.69 bits per heavy atom. The highest BCUT2D eigenvalue weighted by Gasteiger charge is 2.21. The van der Waals surface area contributed by atoms with E-state index in [0.29, 0.717) is 5.25 Å². The van der Waals surface area contributed by atoms with Crippen molar-refractivity contribution in [2.75, 3.05) is 6.54 Å². The lowest BCUT2D eigenvalue weighted by Crippen LogP contribution is -2.33. The maximum atomic E-state index is 3.97. The highest BCUT2D eigenvalue weighted by atomic mass is 32.1. The van der Waals surface area contributed by atoms with E-state index in [1.54, 1.807) is 0 Å². The standard InChI is InChI=1S/C8H17N.C3H8S/c1-7(2)9-6-4-5-8(9)3;1-3(2)4/h7-8H,4-6H2,1-3H3;3-4H,1-2H3. The fraction of sp³-hybridized carbons (Fsp3) is 1.00. The van der Waals surface area contributed by atoms with Gasteiger partial charge in [-0.05, 0) is 45.4 Å². The maximum Gasteiger partial charge on any atom is 0.00701 e. The number of hydrogen-bond donors (Lipinski definition) is 1. The zero-order valence-corrected chi connectivity index (χ0v) is 10.6. The fourth-order valence-electron chi connectivity index (χ4n) is 1.72. The van der Waals surface area contributed by atoms with E-state index in [-0.39, 0.29) is 0 Å². The van der Waals surface area contributed by atoms with E-state index in [0.717, 1.165) is 12.1 Å². The Labute approximate surface area is 89.3 Å². The van der Waals surface area contributed by atoms with Crippen LogP contribution in [0.3, 0.4) is 0 Å². The number of nitrogens with zero attached hydrogens (tertiary/aromatic N) is 1. The Balaban J connectivity index is 0.000000310. The molecule has 0 spiro atoms. The normalized spacial score (nSPS) is 23.5. The zero-order valence-electron chi connectivity index (χ0n) is 9.75. The zero-order chi connectivity index (χ0) is 10.4. The minimum atomic E-state index is 0.528. The van der Waals surface area contributed by atoms with Gasteiger partial charge in [0.2, 0.25) is 0 Å². The molecule has 80 valence electrons. The predicted octanol–water partition coefficient (Wildman–Crippen LogP) is 3.20. The van der Waals surface area contributed by atoms with Crippen LogP contribution in [0.2, 0.25) is 0 Å². The Morgan fingerprint density at radius 1 is 1.23 bits per heavy atom. The molecule has 0 radical (unpaired) electrons. The van der Waals surface area contributed by atoms with Crippen molar-refractivity contribution >= 4 is 12.6 Å². The van der Waals surface area contributed by atoms with E-state index in [1.807, 2.05) is 13.8 Å². The predicted molar refractivity (Wildman–Crippen MR) is 64.7 cm³/mol. The van der Waals surface area contributed by atoms with Gasteiger partial charge in [-0.3, -0.25) is 4.90 Å². The summed E-state index contributed by atoms with van der Waals surface area (Å²) < 4.78 is 0. The van der Waals surface area contributed by atoms with E-state index in [2.05, 4.69) is 38.3 Å². The molecule has 0 saturated carbocycles. The van der Waals surface area contributed by atoms with Crippen LogP contribution in [-0.4, -0.2) is 28.8 Å². The molecule has 1 heterocycles. The van der Waals surface area contributed by atoms with Crippen LogP contribution in [0.5, 0.6) is 0 Å². The van der Waals surface area contributed by atoms with Crippen molar-refractivity contribution in [1.29, 1.82) is 0 Å². The number of thiol groups is 1. The van der Waals surface area contributed by atoms with Crippen LogP contribution in [0.25, 0.3) is 0 Å². The number of hydrogen-bond acceptors (Lipinski definition) is 2. The van der Waals surface area contributed by atoms with Crippen LogP contribution in [-0.2, 0) is 0 Å². The third kappa shape index (κ3) is 6.39. The second-order valence-corrected chi connectivity index (χ2v) is 5.45. The second-order valence-electron chi connectivity index (χ2n) is 4.42. The summed E-state index contributed by atoms with van der Waals surface area (Å²) in [7, 11) is 0. The molecule has 13 heavy (non-hydrogen) atoms. The van der Waals surface area contributed by atoms with E-state index >= 15 is 0 Å². The molecule has 0 aromatic rings. The Morgan fingerprint density at radius 3 is 1.85 bits per heavy atom. The Hall–Kier alpha value is 0.310. The summed E-state index contributed by atoms with van der Waals surface area (Å²) in [5.74, 6) is 0. The molecule has 0 aromatic heterocycles. The van der Waals surface area contributed by atoms with Gasteiger partial charge < -0.3 is 0 Å². The van der Waals surface area contributed by atoms with Gasteiger partial charge in [0.15, 0.2) is 0 Å². The fourth-order valence-corrected chi connectivity index (χ4v) is 1.72. The SMILES string of the molecule is CC(C)N1CCCC1C.CC(C)S. The van der Waals surface area contributed by atoms with Crippen molar-refractivity contribution in [2.45, 2.75) is 64.8 Å². The van der Waals surface area contributed by atoms with Crippen molar-refractivity contribution in [3.63, 3.8) is 0 Å². The first-order valence-corrected chi connectivity index (χ1v) is 5.90. The molecule has 0 aliphatic carbocycles. The third-order valence-corrected chi connectivity index (χ3v) is 2.27. The maximum absolute atomic E-state index is 3.97. The van der Waals surface area contributed by atoms with Gasteiger partial charge in [-0.25, -0.2) is 0 Å². The summed E-state index contributed by atoms with van der Waals surface area (Å²) in [5.41, 5.74) is 0. The molecule has 1 nitrogen and oxygen atoms in total. The van der Waals surface area contributed by atoms with Gasteiger partial charge in [0.25, 0.3) is 0 Å². The monoisotopic (exact) mass is 203 g/mol. The average Bonchev–Trinajstić information content (AvgIpc) is 2.33. The molecule has 0 aromatic carbocycles. The topological polar surface area (TPSA) is 3.24 Å². The van der Waals surface area contributed by atoms with Crippen molar-refractivity contribution in [3.05, 3.63) is 0 Å². The molecule has 1 saturated heterocycles. The highest BCUT2D eigenvalue weighted by molar-refractivity contribution is 7.80. The number of likely N-dealkylation sites (tertiary alicyclic amines) is 1. The van der Waals surface area contributed by atoms with Crippen LogP contribution in [0.4, 0.5) is 0 Å². The molecule has 0 bridgehead atoms. The van der Waals surface area contributed by atoms with Gasteiger partial charge in [0.1, 0.15) is 0 Å². The lowest BCUT2D eigenvalue weighted by atomic mass is 10.2. The summed E-state index contributed by atoms with van der Waals surface area (Å²) in [6, 6.07) is 1.59. The molecule has 1 atom stereocenters. The van der Waals surface area contributed by atoms with Gasteiger partial charge in [-0.15, -0.1) is 0 Å². The van der Waals surface area contributed by atoms with Crippen molar-refractivity contribution in [1.82, 2.24) is 4.90 Å². The van der Waals surface area contributed by atoms with Crippen LogP contribution < -0.4 is 0 Å². The highest BCUT2D eigenvalue weighted by Crippen LogP contribution is 2.18. The summed E-state index contributed by atoms with van der Waals surface area (Å²) >= 11 is 3.97. The third-order valence-electron chi connectivity index (χ3n) is 2.27. The Kier molecular flexibility index (Phi) is 6.88. The van der Waals surface area contributed by atoms with Crippen LogP contribution in [0.15, 0.2) is 0 Å². The van der Waals surface area contributed by atoms with E-state index < -0.39 is 0 Å². The molecular formula is C11H25NS. The lowest BCUT2D eigenvalue weighted by Gasteiger charge is -2.24. The van der Waals surface area contributed by atoms with Crippen molar-refractivity contribution in [2.24, 2.45) is 0 Å². The Bertz CT molecular complexity index is 121. The first kappa shape index (κ1) is 13.3. The molecule has 1 aliphatic rings. The van der Waals surface area contributed by atoms with Crippen LogP contribution in [0, 0.1) is 0 Å². The summed E-state index contributed by atoms with van der Waals surface area (Å²) in [5, 5.41) is 0.528. The minimum Gasteiger partial charge on any atom is -0.298 e. The largest absolute Gasteiger partial charge is 0.298 e. The lowest BCUT2D eigenvalue weighted by molar-refractivity contribution is 0.216. The van der Waals surface area contributed by atoms with E-state index in [4.69, 9.17) is 0 Å². The van der Waals surface area contributed by atoms with E-state index in [1.165, 1.54) is 19.4 Å². The summed E-state index contributed by atoms with van der Waals surface area (Å²) in [6.45, 7) is 12.3. The molecular weight excluding hydrogens is 178 g/mol. The molecule has 1 aliphatic heterocycles. The first-order chi connectivity index (χ1) is 5.95. The van der Waals surface area contributed by atoms with Gasteiger partial charge in [0, 0.05) is 12.1 Å². The number of rotatable bonds is 1. The molecule has 1 unspecified atom stereocenters. The average molecular weight is 203 g/mol. The molecule has 0 N–H and O–H groups in total. The molecule has 0 amide bonds. The quantitative estimate of drug-likeness (QED) is 0.641. The molecule has 2 heteroatoms. The van der Waals surface area contributed by atoms with Gasteiger partial charge >= 0.3 is 0 Å². The molecule has 1 rings (SSSR count). The molecule has 1 fully saturated rings. The van der Waals surface area contributed by atoms with Crippen molar-refractivity contribution < 1.29 is 0 Å². The first-order valence-electron chi connectivity index (χ1n) is 5.39. The van der Waals surface area contributed by atoms with Gasteiger partial charge in [0.05, 0.1) is 0 Å². The smallest absolute Gasteiger partial charge is 0.00701 e. The van der Waals surface area contributed by atoms with Crippen LogP contribution >= 0.6 is 12.6 Å². The van der Waals surface area contributed by atoms with Gasteiger partial charge in [-0.1, -0.05) is 13.8 Å².